The topological polar surface area (TPSA) is 92.4 Å². The number of nitrogens with two attached hydrogens (primary N) is 1. The summed E-state index contributed by atoms with van der Waals surface area (Å²) in [6, 6.07) is 7.11. The van der Waals surface area contributed by atoms with Gasteiger partial charge in [0.1, 0.15) is 6.10 Å². The number of halogens is 1. The van der Waals surface area contributed by atoms with Crippen LogP contribution in [0.25, 0.3) is 0 Å². The number of amides is 2. The first-order valence-corrected chi connectivity index (χ1v) is 6.83. The zero-order chi connectivity index (χ0) is 14.4. The number of nitrogens with one attached hydrogen (secondary N) is 1. The Kier molecular flexibility index (Phi) is 6.14. The van der Waals surface area contributed by atoms with Crippen molar-refractivity contribution in [2.75, 3.05) is 6.54 Å². The van der Waals surface area contributed by atoms with Gasteiger partial charge in [0.25, 0.3) is 0 Å². The lowest BCUT2D eigenvalue weighted by Crippen LogP contribution is -2.42. The maximum absolute atomic E-state index is 11.7. The van der Waals surface area contributed by atoms with E-state index in [1.54, 1.807) is 19.1 Å². The van der Waals surface area contributed by atoms with E-state index in [9.17, 15) is 9.59 Å². The van der Waals surface area contributed by atoms with Gasteiger partial charge in [-0.2, -0.15) is 0 Å². The third kappa shape index (κ3) is 5.50. The molecule has 1 rings (SSSR count). The van der Waals surface area contributed by atoms with E-state index in [1.165, 1.54) is 11.8 Å². The molecule has 19 heavy (non-hydrogen) atoms. The summed E-state index contributed by atoms with van der Waals surface area (Å²) in [4.78, 5) is 23.2. The number of benzene rings is 1. The fourth-order valence-corrected chi connectivity index (χ4v) is 2.23. The molecule has 0 fully saturated rings. The summed E-state index contributed by atoms with van der Waals surface area (Å²) < 4.78 is 0. The van der Waals surface area contributed by atoms with Gasteiger partial charge in [0.15, 0.2) is 0 Å². The minimum Gasteiger partial charge on any atom is -0.381 e. The van der Waals surface area contributed by atoms with E-state index in [0.29, 0.717) is 5.02 Å². The van der Waals surface area contributed by atoms with E-state index in [-0.39, 0.29) is 17.7 Å². The van der Waals surface area contributed by atoms with Crippen molar-refractivity contribution in [2.24, 2.45) is 5.73 Å². The molecule has 5 nitrogen and oxygen atoms in total. The molecule has 1 aromatic carbocycles. The molecule has 2 atom stereocenters. The van der Waals surface area contributed by atoms with E-state index in [0.717, 1.165) is 4.90 Å². The van der Waals surface area contributed by atoms with Gasteiger partial charge in [-0.15, -0.1) is 11.8 Å². The van der Waals surface area contributed by atoms with Crippen LogP contribution in [-0.4, -0.2) is 34.8 Å². The fourth-order valence-electron chi connectivity index (χ4n) is 1.21. The summed E-state index contributed by atoms with van der Waals surface area (Å²) in [5, 5.41) is 11.9. The molecule has 1 aromatic rings. The van der Waals surface area contributed by atoms with Crippen LogP contribution in [0.5, 0.6) is 0 Å². The van der Waals surface area contributed by atoms with Gasteiger partial charge < -0.3 is 16.2 Å². The number of hydrogen-bond donors (Lipinski definition) is 3. The second-order valence-corrected chi connectivity index (χ2v) is 5.73. The summed E-state index contributed by atoms with van der Waals surface area (Å²) in [6.07, 6.45) is -1.36. The minimum absolute atomic E-state index is 0.181. The van der Waals surface area contributed by atoms with Gasteiger partial charge in [-0.05, 0) is 31.2 Å². The molecule has 0 spiro atoms. The Labute approximate surface area is 120 Å². The van der Waals surface area contributed by atoms with Gasteiger partial charge >= 0.3 is 0 Å². The Morgan fingerprint density at radius 2 is 2.00 bits per heavy atom. The molecule has 0 aliphatic rings. The first-order valence-electron chi connectivity index (χ1n) is 5.57. The van der Waals surface area contributed by atoms with Crippen molar-refractivity contribution in [3.8, 4) is 0 Å². The van der Waals surface area contributed by atoms with E-state index in [4.69, 9.17) is 22.4 Å². The van der Waals surface area contributed by atoms with Crippen LogP contribution in [0.1, 0.15) is 6.92 Å². The summed E-state index contributed by atoms with van der Waals surface area (Å²) in [6.45, 7) is 1.55. The summed E-state index contributed by atoms with van der Waals surface area (Å²) >= 11 is 7.12. The molecule has 0 aromatic heterocycles. The largest absolute Gasteiger partial charge is 0.381 e. The first kappa shape index (κ1) is 15.8. The van der Waals surface area contributed by atoms with Crippen LogP contribution in [0.15, 0.2) is 29.2 Å². The van der Waals surface area contributed by atoms with Crippen molar-refractivity contribution in [3.63, 3.8) is 0 Å². The predicted octanol–water partition coefficient (Wildman–Crippen LogP) is 0.783. The number of rotatable bonds is 6. The lowest BCUT2D eigenvalue weighted by Gasteiger charge is -2.13. The molecule has 0 heterocycles. The summed E-state index contributed by atoms with van der Waals surface area (Å²) in [5.41, 5.74) is 4.88. The maximum Gasteiger partial charge on any atom is 0.248 e. The molecule has 2 amide bonds. The van der Waals surface area contributed by atoms with Crippen molar-refractivity contribution in [1.82, 2.24) is 5.32 Å². The molecule has 0 bridgehead atoms. The van der Waals surface area contributed by atoms with Crippen LogP contribution in [0.2, 0.25) is 5.02 Å². The molecule has 104 valence electrons. The van der Waals surface area contributed by atoms with E-state index in [2.05, 4.69) is 5.32 Å². The molecule has 2 unspecified atom stereocenters. The first-order chi connectivity index (χ1) is 8.90. The molecular weight excluding hydrogens is 288 g/mol. The fraction of sp³-hybridized carbons (Fsp3) is 0.333. The number of carbonyl (C=O) groups excluding carboxylic acids is 2. The standard InChI is InChI=1S/C12H15ClN2O3S/c1-7(12(18)15-6-10(16)11(14)17)19-9-4-2-8(13)3-5-9/h2-5,7,10,16H,6H2,1H3,(H2,14,17)(H,15,18). The van der Waals surface area contributed by atoms with Crippen LogP contribution in [0, 0.1) is 0 Å². The highest BCUT2D eigenvalue weighted by Gasteiger charge is 2.17. The number of primary amides is 1. The molecule has 4 N–H and O–H groups in total. The normalized spacial score (nSPS) is 13.6. The summed E-state index contributed by atoms with van der Waals surface area (Å²) in [5.74, 6) is -1.14. The molecule has 0 radical (unpaired) electrons. The quantitative estimate of drug-likeness (QED) is 0.677. The van der Waals surface area contributed by atoms with Crippen molar-refractivity contribution < 1.29 is 14.7 Å². The maximum atomic E-state index is 11.7. The lowest BCUT2D eigenvalue weighted by atomic mass is 10.3. The molecule has 0 aliphatic heterocycles. The van der Waals surface area contributed by atoms with Crippen LogP contribution in [0.3, 0.4) is 0 Å². The summed E-state index contributed by atoms with van der Waals surface area (Å²) in [7, 11) is 0. The average molecular weight is 303 g/mol. The number of carbonyl (C=O) groups is 2. The van der Waals surface area contributed by atoms with Gasteiger partial charge in [0.05, 0.1) is 11.8 Å². The van der Waals surface area contributed by atoms with E-state index in [1.807, 2.05) is 12.1 Å². The highest BCUT2D eigenvalue weighted by Crippen LogP contribution is 2.24. The highest BCUT2D eigenvalue weighted by molar-refractivity contribution is 8.00. The van der Waals surface area contributed by atoms with Crippen LogP contribution in [-0.2, 0) is 9.59 Å². The minimum atomic E-state index is -1.36. The molecule has 0 saturated carbocycles. The number of aliphatic hydroxyl groups is 1. The number of hydrogen-bond acceptors (Lipinski definition) is 4. The van der Waals surface area contributed by atoms with Crippen LogP contribution >= 0.6 is 23.4 Å². The van der Waals surface area contributed by atoms with Crippen LogP contribution < -0.4 is 11.1 Å². The highest BCUT2D eigenvalue weighted by atomic mass is 35.5. The molecule has 0 saturated heterocycles. The van der Waals surface area contributed by atoms with Gasteiger partial charge in [0.2, 0.25) is 11.8 Å². The predicted molar refractivity (Wildman–Crippen MR) is 75.0 cm³/mol. The van der Waals surface area contributed by atoms with E-state index < -0.39 is 12.0 Å². The number of thioether (sulfide) groups is 1. The Balaban J connectivity index is 2.44. The van der Waals surface area contributed by atoms with Crippen molar-refractivity contribution >= 4 is 35.2 Å². The van der Waals surface area contributed by atoms with Gasteiger partial charge in [-0.1, -0.05) is 11.6 Å². The monoisotopic (exact) mass is 302 g/mol. The molecule has 7 heteroatoms. The second-order valence-electron chi connectivity index (χ2n) is 3.88. The Morgan fingerprint density at radius 3 is 2.53 bits per heavy atom. The average Bonchev–Trinajstić information content (AvgIpc) is 2.37. The zero-order valence-corrected chi connectivity index (χ0v) is 11.9. The van der Waals surface area contributed by atoms with E-state index >= 15 is 0 Å². The molecule has 0 aliphatic carbocycles. The second kappa shape index (κ2) is 7.37. The lowest BCUT2D eigenvalue weighted by molar-refractivity contribution is -0.126. The van der Waals surface area contributed by atoms with Gasteiger partial charge in [0, 0.05) is 9.92 Å². The van der Waals surface area contributed by atoms with Crippen molar-refractivity contribution in [1.29, 1.82) is 0 Å². The third-order valence-electron chi connectivity index (χ3n) is 2.29. The third-order valence-corrected chi connectivity index (χ3v) is 3.66. The van der Waals surface area contributed by atoms with Crippen molar-refractivity contribution in [2.45, 2.75) is 23.2 Å². The SMILES string of the molecule is CC(Sc1ccc(Cl)cc1)C(=O)NCC(O)C(N)=O. The van der Waals surface area contributed by atoms with Gasteiger partial charge in [-0.3, -0.25) is 9.59 Å². The Hall–Kier alpha value is -1.24. The van der Waals surface area contributed by atoms with Crippen molar-refractivity contribution in [3.05, 3.63) is 29.3 Å². The Morgan fingerprint density at radius 1 is 1.42 bits per heavy atom. The number of aliphatic hydroxyl groups excluding tert-OH is 1. The smallest absolute Gasteiger partial charge is 0.248 e. The van der Waals surface area contributed by atoms with Crippen LogP contribution in [0.4, 0.5) is 0 Å². The zero-order valence-electron chi connectivity index (χ0n) is 10.3. The molecular formula is C12H15ClN2O3S. The Bertz CT molecular complexity index is 453. The van der Waals surface area contributed by atoms with Gasteiger partial charge in [-0.25, -0.2) is 0 Å².